The van der Waals surface area contributed by atoms with Crippen molar-refractivity contribution in [1.82, 2.24) is 10.9 Å². The smallest absolute Gasteiger partial charge is 0.276 e. The predicted molar refractivity (Wildman–Crippen MR) is 123 cm³/mol. The molecule has 0 bridgehead atoms. The van der Waals surface area contributed by atoms with E-state index < -0.39 is 11.8 Å². The lowest BCUT2D eigenvalue weighted by atomic mass is 10.1. The fraction of sp³-hybridized carbons (Fsp3) is 0.0909. The summed E-state index contributed by atoms with van der Waals surface area (Å²) in [6, 6.07) is 16.8. The molecule has 8 heteroatoms. The second-order valence-corrected chi connectivity index (χ2v) is 7.88. The molecule has 30 heavy (non-hydrogen) atoms. The second-order valence-electron chi connectivity index (χ2n) is 6.18. The zero-order valence-corrected chi connectivity index (χ0v) is 19.1. The molecule has 3 aromatic carbocycles. The highest BCUT2D eigenvalue weighted by Crippen LogP contribution is 2.34. The summed E-state index contributed by atoms with van der Waals surface area (Å²) < 4.78 is 12.4. The topological polar surface area (TPSA) is 76.7 Å². The van der Waals surface area contributed by atoms with E-state index in [0.29, 0.717) is 5.75 Å². The van der Waals surface area contributed by atoms with Crippen molar-refractivity contribution in [2.75, 3.05) is 13.7 Å². The minimum absolute atomic E-state index is 0.247. The van der Waals surface area contributed by atoms with Gasteiger partial charge < -0.3 is 9.47 Å². The molecule has 0 aromatic heterocycles. The third-order valence-electron chi connectivity index (χ3n) is 4.11. The third-order valence-corrected chi connectivity index (χ3v) is 5.42. The summed E-state index contributed by atoms with van der Waals surface area (Å²) in [4.78, 5) is 23.8. The number of ether oxygens (including phenoxy) is 2. The average molecular weight is 534 g/mol. The molecule has 6 nitrogen and oxygen atoms in total. The second kappa shape index (κ2) is 10.3. The molecule has 3 rings (SSSR count). The number of hydrogen-bond acceptors (Lipinski definition) is 4. The van der Waals surface area contributed by atoms with Gasteiger partial charge in [0.2, 0.25) is 0 Å². The van der Waals surface area contributed by atoms with Crippen molar-refractivity contribution in [3.8, 4) is 11.5 Å². The maximum atomic E-state index is 12.0. The number of rotatable bonds is 6. The average Bonchev–Trinajstić information content (AvgIpc) is 2.76. The summed E-state index contributed by atoms with van der Waals surface area (Å²) >= 11 is 6.95. The quantitative estimate of drug-likeness (QED) is 0.358. The van der Waals surface area contributed by atoms with E-state index >= 15 is 0 Å². The first-order valence-corrected chi connectivity index (χ1v) is 10.5. The Kier molecular flexibility index (Phi) is 7.48. The molecular weight excluding hydrogens is 516 g/mol. The van der Waals surface area contributed by atoms with E-state index in [-0.39, 0.29) is 6.61 Å². The van der Waals surface area contributed by atoms with Crippen LogP contribution in [0.1, 0.15) is 5.56 Å². The highest BCUT2D eigenvalue weighted by molar-refractivity contribution is 9.11. The van der Waals surface area contributed by atoms with Crippen LogP contribution < -0.4 is 20.3 Å². The van der Waals surface area contributed by atoms with Crippen LogP contribution in [0.4, 0.5) is 0 Å². The number of halogens is 2. The van der Waals surface area contributed by atoms with Crippen molar-refractivity contribution in [2.24, 2.45) is 0 Å². The van der Waals surface area contributed by atoms with E-state index in [1.165, 1.54) is 6.08 Å². The first-order chi connectivity index (χ1) is 14.5. The Morgan fingerprint density at radius 3 is 2.50 bits per heavy atom. The van der Waals surface area contributed by atoms with Crippen LogP contribution >= 0.6 is 31.9 Å². The van der Waals surface area contributed by atoms with E-state index in [9.17, 15) is 9.59 Å². The van der Waals surface area contributed by atoms with Crippen molar-refractivity contribution >= 4 is 60.5 Å². The van der Waals surface area contributed by atoms with Gasteiger partial charge in [0.05, 0.1) is 11.6 Å². The van der Waals surface area contributed by atoms with Crippen LogP contribution in [0.15, 0.2) is 69.6 Å². The first-order valence-electron chi connectivity index (χ1n) is 8.88. The first kappa shape index (κ1) is 21.9. The number of hydrogen-bond donors (Lipinski definition) is 2. The zero-order valence-electron chi connectivity index (χ0n) is 15.9. The summed E-state index contributed by atoms with van der Waals surface area (Å²) in [5, 5.41) is 2.00. The number of nitrogens with one attached hydrogen (secondary N) is 2. The van der Waals surface area contributed by atoms with E-state index in [0.717, 1.165) is 31.0 Å². The Balaban J connectivity index is 1.49. The monoisotopic (exact) mass is 532 g/mol. The van der Waals surface area contributed by atoms with Gasteiger partial charge in [0.25, 0.3) is 11.8 Å². The number of benzene rings is 3. The fourth-order valence-corrected chi connectivity index (χ4v) is 3.58. The van der Waals surface area contributed by atoms with Crippen LogP contribution in [-0.4, -0.2) is 25.5 Å². The summed E-state index contributed by atoms with van der Waals surface area (Å²) in [5.41, 5.74) is 5.46. The number of hydrazine groups is 1. The van der Waals surface area contributed by atoms with Gasteiger partial charge in [0.15, 0.2) is 6.61 Å². The van der Waals surface area contributed by atoms with Crippen LogP contribution in [0.25, 0.3) is 16.8 Å². The molecule has 0 spiro atoms. The number of methoxy groups -OCH3 is 1. The molecule has 2 N–H and O–H groups in total. The standard InChI is InChI=1S/C22H18Br2N2O4/c1-29-17-7-2-14(3-8-17)4-11-20(27)25-26-21(28)13-30-19-10-5-15-12-16(23)6-9-18(15)22(19)24/h2-12H,13H2,1H3,(H,25,27)(H,26,28). The Bertz CT molecular complexity index is 1100. The van der Waals surface area contributed by atoms with Crippen molar-refractivity contribution in [2.45, 2.75) is 0 Å². The van der Waals surface area contributed by atoms with E-state index in [4.69, 9.17) is 9.47 Å². The number of carbonyl (C=O) groups is 2. The van der Waals surface area contributed by atoms with Crippen LogP contribution in [-0.2, 0) is 9.59 Å². The molecule has 0 aliphatic carbocycles. The van der Waals surface area contributed by atoms with E-state index in [2.05, 4.69) is 42.7 Å². The van der Waals surface area contributed by atoms with Gasteiger partial charge in [-0.2, -0.15) is 0 Å². The normalized spacial score (nSPS) is 10.8. The molecule has 0 heterocycles. The van der Waals surface area contributed by atoms with Gasteiger partial charge >= 0.3 is 0 Å². The van der Waals surface area contributed by atoms with Crippen molar-refractivity contribution in [3.05, 3.63) is 75.2 Å². The molecule has 0 fully saturated rings. The number of carbonyl (C=O) groups excluding carboxylic acids is 2. The van der Waals surface area contributed by atoms with Gasteiger partial charge in [-0.1, -0.05) is 40.2 Å². The highest BCUT2D eigenvalue weighted by Gasteiger charge is 2.09. The van der Waals surface area contributed by atoms with Gasteiger partial charge in [0.1, 0.15) is 11.5 Å². The van der Waals surface area contributed by atoms with Crippen LogP contribution in [0.3, 0.4) is 0 Å². The summed E-state index contributed by atoms with van der Waals surface area (Å²) in [7, 11) is 1.59. The molecule has 0 aliphatic rings. The SMILES string of the molecule is COc1ccc(C=CC(=O)NNC(=O)COc2ccc3cc(Br)ccc3c2Br)cc1. The molecule has 2 amide bonds. The lowest BCUT2D eigenvalue weighted by Crippen LogP contribution is -2.43. The summed E-state index contributed by atoms with van der Waals surface area (Å²) in [6.45, 7) is -0.247. The highest BCUT2D eigenvalue weighted by atomic mass is 79.9. The molecule has 0 atom stereocenters. The predicted octanol–water partition coefficient (Wildman–Crippen LogP) is 4.61. The number of amides is 2. The Labute approximate surface area is 190 Å². The minimum Gasteiger partial charge on any atom is -0.497 e. The van der Waals surface area contributed by atoms with E-state index in [1.807, 2.05) is 36.4 Å². The molecule has 0 aliphatic heterocycles. The van der Waals surface area contributed by atoms with Crippen LogP contribution in [0, 0.1) is 0 Å². The lowest BCUT2D eigenvalue weighted by molar-refractivity contribution is -0.128. The lowest BCUT2D eigenvalue weighted by Gasteiger charge is -2.11. The van der Waals surface area contributed by atoms with Gasteiger partial charge in [-0.3, -0.25) is 20.4 Å². The largest absolute Gasteiger partial charge is 0.497 e. The molecule has 0 saturated heterocycles. The van der Waals surface area contributed by atoms with Gasteiger partial charge in [-0.25, -0.2) is 0 Å². The molecule has 0 saturated carbocycles. The molecule has 0 unspecified atom stereocenters. The maximum absolute atomic E-state index is 12.0. The third kappa shape index (κ3) is 5.84. The van der Waals surface area contributed by atoms with Crippen molar-refractivity contribution in [3.63, 3.8) is 0 Å². The summed E-state index contributed by atoms with van der Waals surface area (Å²) in [6.07, 6.45) is 2.95. The summed E-state index contributed by atoms with van der Waals surface area (Å²) in [5.74, 6) is 0.320. The molecular formula is C22H18Br2N2O4. The van der Waals surface area contributed by atoms with Gasteiger partial charge in [-0.05, 0) is 68.7 Å². The van der Waals surface area contributed by atoms with E-state index in [1.54, 1.807) is 31.4 Å². The van der Waals surface area contributed by atoms with Gasteiger partial charge in [-0.15, -0.1) is 0 Å². The minimum atomic E-state index is -0.482. The Morgan fingerprint density at radius 2 is 1.77 bits per heavy atom. The Hall–Kier alpha value is -2.84. The molecule has 3 aromatic rings. The van der Waals surface area contributed by atoms with Crippen LogP contribution in [0.2, 0.25) is 0 Å². The zero-order chi connectivity index (χ0) is 21.5. The van der Waals surface area contributed by atoms with Crippen molar-refractivity contribution < 1.29 is 19.1 Å². The maximum Gasteiger partial charge on any atom is 0.276 e. The molecule has 154 valence electrons. The van der Waals surface area contributed by atoms with Crippen LogP contribution in [0.5, 0.6) is 11.5 Å². The fourth-order valence-electron chi connectivity index (χ4n) is 2.59. The Morgan fingerprint density at radius 1 is 1.00 bits per heavy atom. The van der Waals surface area contributed by atoms with Crippen molar-refractivity contribution in [1.29, 1.82) is 0 Å². The van der Waals surface area contributed by atoms with Gasteiger partial charge in [0, 0.05) is 10.5 Å². The molecule has 0 radical (unpaired) electrons. The number of fused-ring (bicyclic) bond motifs is 1.